The van der Waals surface area contributed by atoms with Crippen LogP contribution in [0.4, 0.5) is 0 Å². The van der Waals surface area contributed by atoms with Gasteiger partial charge in [-0.3, -0.25) is 0 Å². The van der Waals surface area contributed by atoms with E-state index in [9.17, 15) is 0 Å². The lowest BCUT2D eigenvalue weighted by molar-refractivity contribution is 0.162. The molecular formula is C12H22O4. The maximum atomic E-state index is 8.65. The van der Waals surface area contributed by atoms with Gasteiger partial charge in [-0.2, -0.15) is 0 Å². The van der Waals surface area contributed by atoms with E-state index >= 15 is 0 Å². The summed E-state index contributed by atoms with van der Waals surface area (Å²) in [6, 6.07) is 5.85. The molecule has 0 spiro atoms. The summed E-state index contributed by atoms with van der Waals surface area (Å²) in [5.41, 5.74) is 0. The third-order valence-electron chi connectivity index (χ3n) is 1.24. The van der Waals surface area contributed by atoms with Crippen molar-refractivity contribution in [3.05, 3.63) is 24.3 Å². The highest BCUT2D eigenvalue weighted by molar-refractivity contribution is 5.30. The van der Waals surface area contributed by atoms with Crippen molar-refractivity contribution in [3.63, 3.8) is 0 Å². The number of ether oxygens (including phenoxy) is 1. The molecule has 0 aliphatic carbocycles. The summed E-state index contributed by atoms with van der Waals surface area (Å²) in [7, 11) is 0. The number of aliphatic hydroxyl groups is 1. The lowest BCUT2D eigenvalue weighted by Crippen LogP contribution is -1.84. The molecule has 3 N–H and O–H groups in total. The molecule has 4 nitrogen and oxygen atoms in total. The average molecular weight is 230 g/mol. The summed E-state index contributed by atoms with van der Waals surface area (Å²) in [5.74, 6) is 0.176. The zero-order chi connectivity index (χ0) is 12.8. The first kappa shape index (κ1) is 17.1. The van der Waals surface area contributed by atoms with Crippen LogP contribution in [0.3, 0.4) is 0 Å². The Bertz CT molecular complexity index is 219. The Morgan fingerprint density at radius 1 is 1.00 bits per heavy atom. The van der Waals surface area contributed by atoms with E-state index in [0.717, 1.165) is 13.2 Å². The van der Waals surface area contributed by atoms with Crippen LogP contribution in [-0.2, 0) is 4.74 Å². The number of hydrogen-bond acceptors (Lipinski definition) is 4. The minimum Gasteiger partial charge on any atom is -0.508 e. The van der Waals surface area contributed by atoms with Gasteiger partial charge in [0, 0.05) is 25.9 Å². The first-order valence-corrected chi connectivity index (χ1v) is 5.28. The van der Waals surface area contributed by atoms with Crippen molar-refractivity contribution in [1.29, 1.82) is 0 Å². The van der Waals surface area contributed by atoms with E-state index in [4.69, 9.17) is 20.1 Å². The van der Waals surface area contributed by atoms with E-state index in [1.54, 1.807) is 13.0 Å². The van der Waals surface area contributed by atoms with Crippen molar-refractivity contribution in [1.82, 2.24) is 0 Å². The Morgan fingerprint density at radius 3 is 1.50 bits per heavy atom. The minimum atomic E-state index is 0.0880. The molecule has 0 fully saturated rings. The Labute approximate surface area is 97.1 Å². The molecule has 0 unspecified atom stereocenters. The van der Waals surface area contributed by atoms with E-state index in [1.165, 1.54) is 18.2 Å². The molecule has 4 heteroatoms. The van der Waals surface area contributed by atoms with Crippen molar-refractivity contribution >= 4 is 0 Å². The molecule has 1 aromatic rings. The molecule has 0 aliphatic rings. The molecule has 0 atom stereocenters. The van der Waals surface area contributed by atoms with E-state index in [1.807, 2.05) is 13.8 Å². The molecule has 0 saturated heterocycles. The SMILES string of the molecule is CCO.CCOCC.Oc1cccc(O)c1. The number of aliphatic hydroxyl groups excluding tert-OH is 1. The van der Waals surface area contributed by atoms with Crippen molar-refractivity contribution in [2.45, 2.75) is 20.8 Å². The van der Waals surface area contributed by atoms with Gasteiger partial charge in [0.15, 0.2) is 0 Å². The molecule has 0 bridgehead atoms. The van der Waals surface area contributed by atoms with Gasteiger partial charge in [0.2, 0.25) is 0 Å². The van der Waals surface area contributed by atoms with Crippen LogP contribution in [0.1, 0.15) is 20.8 Å². The van der Waals surface area contributed by atoms with E-state index in [-0.39, 0.29) is 18.1 Å². The molecule has 16 heavy (non-hydrogen) atoms. The van der Waals surface area contributed by atoms with Crippen molar-refractivity contribution < 1.29 is 20.1 Å². The fourth-order valence-electron chi connectivity index (χ4n) is 0.697. The summed E-state index contributed by atoms with van der Waals surface area (Å²) in [6.07, 6.45) is 0. The monoisotopic (exact) mass is 230 g/mol. The summed E-state index contributed by atoms with van der Waals surface area (Å²) in [4.78, 5) is 0. The van der Waals surface area contributed by atoms with Crippen molar-refractivity contribution in [3.8, 4) is 11.5 Å². The normalized spacial score (nSPS) is 8.25. The highest BCUT2D eigenvalue weighted by Gasteiger charge is 1.85. The molecule has 0 aliphatic heterocycles. The Balaban J connectivity index is 0. The third-order valence-corrected chi connectivity index (χ3v) is 1.24. The van der Waals surface area contributed by atoms with Crippen LogP contribution in [0.2, 0.25) is 0 Å². The van der Waals surface area contributed by atoms with E-state index in [2.05, 4.69) is 0 Å². The van der Waals surface area contributed by atoms with Crippen LogP contribution in [0.15, 0.2) is 24.3 Å². The predicted octanol–water partition coefficient (Wildman–Crippen LogP) is 2.14. The maximum Gasteiger partial charge on any atom is 0.119 e. The fourth-order valence-corrected chi connectivity index (χ4v) is 0.697. The molecule has 0 saturated carbocycles. The smallest absolute Gasteiger partial charge is 0.119 e. The van der Waals surface area contributed by atoms with E-state index in [0.29, 0.717) is 0 Å². The van der Waals surface area contributed by atoms with Gasteiger partial charge in [0.25, 0.3) is 0 Å². The van der Waals surface area contributed by atoms with Gasteiger partial charge < -0.3 is 20.1 Å². The molecule has 1 aromatic carbocycles. The lowest BCUT2D eigenvalue weighted by Gasteiger charge is -1.89. The molecule has 1 rings (SSSR count). The second-order valence-corrected chi connectivity index (χ2v) is 2.62. The number of phenolic OH excluding ortho intramolecular Hbond substituents is 2. The zero-order valence-electron chi connectivity index (χ0n) is 10.2. The molecule has 0 radical (unpaired) electrons. The van der Waals surface area contributed by atoms with Crippen LogP contribution in [-0.4, -0.2) is 35.1 Å². The van der Waals surface area contributed by atoms with Gasteiger partial charge in [-0.1, -0.05) is 6.07 Å². The number of rotatable bonds is 2. The molecular weight excluding hydrogens is 208 g/mol. The summed E-state index contributed by atoms with van der Waals surface area (Å²) >= 11 is 0. The average Bonchev–Trinajstić information content (AvgIpc) is 2.20. The number of hydrogen-bond donors (Lipinski definition) is 3. The minimum absolute atomic E-state index is 0.0880. The van der Waals surface area contributed by atoms with Crippen LogP contribution < -0.4 is 0 Å². The van der Waals surface area contributed by atoms with Gasteiger partial charge in [0.1, 0.15) is 11.5 Å². The standard InChI is InChI=1S/C6H6O2.C4H10O.C2H6O/c7-5-2-1-3-6(8)4-5;1-3-5-4-2;1-2-3/h1-4,7-8H;3-4H2,1-2H3;3H,2H2,1H3. The third kappa shape index (κ3) is 15.2. The number of phenols is 2. The quantitative estimate of drug-likeness (QED) is 0.728. The number of aromatic hydroxyl groups is 2. The largest absolute Gasteiger partial charge is 0.508 e. The highest BCUT2D eigenvalue weighted by Crippen LogP contribution is 2.14. The Morgan fingerprint density at radius 2 is 1.38 bits per heavy atom. The maximum absolute atomic E-state index is 8.65. The zero-order valence-corrected chi connectivity index (χ0v) is 10.2. The van der Waals surface area contributed by atoms with Crippen molar-refractivity contribution in [2.75, 3.05) is 19.8 Å². The predicted molar refractivity (Wildman–Crippen MR) is 64.7 cm³/mol. The first-order chi connectivity index (χ1) is 7.62. The highest BCUT2D eigenvalue weighted by atomic mass is 16.5. The van der Waals surface area contributed by atoms with Crippen molar-refractivity contribution in [2.24, 2.45) is 0 Å². The summed E-state index contributed by atoms with van der Waals surface area (Å²) in [6.45, 7) is 7.60. The number of benzene rings is 1. The molecule has 0 amide bonds. The molecule has 94 valence electrons. The lowest BCUT2D eigenvalue weighted by atomic mass is 10.3. The molecule has 0 heterocycles. The van der Waals surface area contributed by atoms with Gasteiger partial charge in [-0.25, -0.2) is 0 Å². The Kier molecular flexibility index (Phi) is 14.7. The van der Waals surface area contributed by atoms with Gasteiger partial charge in [0.05, 0.1) is 0 Å². The second kappa shape index (κ2) is 13.7. The fraction of sp³-hybridized carbons (Fsp3) is 0.500. The van der Waals surface area contributed by atoms with Crippen LogP contribution >= 0.6 is 0 Å². The van der Waals surface area contributed by atoms with Gasteiger partial charge in [-0.05, 0) is 32.9 Å². The van der Waals surface area contributed by atoms with Crippen LogP contribution in [0, 0.1) is 0 Å². The first-order valence-electron chi connectivity index (χ1n) is 5.28. The molecule has 0 aromatic heterocycles. The van der Waals surface area contributed by atoms with Gasteiger partial charge >= 0.3 is 0 Å². The van der Waals surface area contributed by atoms with Crippen LogP contribution in [0.5, 0.6) is 11.5 Å². The van der Waals surface area contributed by atoms with Crippen LogP contribution in [0.25, 0.3) is 0 Å². The second-order valence-electron chi connectivity index (χ2n) is 2.62. The topological polar surface area (TPSA) is 69.9 Å². The van der Waals surface area contributed by atoms with Gasteiger partial charge in [-0.15, -0.1) is 0 Å². The summed E-state index contributed by atoms with van der Waals surface area (Å²) in [5, 5.41) is 24.9. The Hall–Kier alpha value is -1.26. The summed E-state index contributed by atoms with van der Waals surface area (Å²) < 4.78 is 4.83. The van der Waals surface area contributed by atoms with E-state index < -0.39 is 0 Å².